The number of nitro benzene ring substituents is 1. The number of nitrogens with zero attached hydrogens (tertiary/aromatic N) is 2. The fourth-order valence-corrected chi connectivity index (χ4v) is 2.75. The van der Waals surface area contributed by atoms with Crippen molar-refractivity contribution in [3.05, 3.63) is 75.5 Å². The Bertz CT molecular complexity index is 910. The van der Waals surface area contributed by atoms with E-state index in [0.717, 1.165) is 5.39 Å². The molecule has 2 aromatic carbocycles. The summed E-state index contributed by atoms with van der Waals surface area (Å²) in [5, 5.41) is 21.1. The molecule has 0 spiro atoms. The van der Waals surface area contributed by atoms with Crippen LogP contribution >= 0.6 is 0 Å². The van der Waals surface area contributed by atoms with Crippen LogP contribution in [0.5, 0.6) is 0 Å². The largest absolute Gasteiger partial charge is 0.392 e. The zero-order valence-corrected chi connectivity index (χ0v) is 12.4. The van der Waals surface area contributed by atoms with Crippen molar-refractivity contribution in [3.63, 3.8) is 0 Å². The zero-order valence-electron chi connectivity index (χ0n) is 12.4. The topological polar surface area (TPSA) is 85.4 Å². The molecule has 6 nitrogen and oxygen atoms in total. The van der Waals surface area contributed by atoms with E-state index in [1.54, 1.807) is 6.92 Å². The first-order valence-electron chi connectivity index (χ1n) is 7.03. The Balaban J connectivity index is 2.14. The molecule has 116 valence electrons. The number of para-hydroxylation sites is 1. The lowest BCUT2D eigenvalue weighted by Gasteiger charge is -2.07. The fraction of sp³-hybridized carbons (Fsp3) is 0.118. The minimum Gasteiger partial charge on any atom is -0.392 e. The highest BCUT2D eigenvalue weighted by Crippen LogP contribution is 2.27. The number of non-ortho nitro benzene ring substituents is 1. The van der Waals surface area contributed by atoms with Crippen molar-refractivity contribution in [2.24, 2.45) is 0 Å². The van der Waals surface area contributed by atoms with Crippen molar-refractivity contribution >= 4 is 22.5 Å². The molecule has 3 aromatic rings. The van der Waals surface area contributed by atoms with Crippen LogP contribution in [0.15, 0.2) is 48.5 Å². The maximum atomic E-state index is 12.8. The highest BCUT2D eigenvalue weighted by atomic mass is 16.6. The van der Waals surface area contributed by atoms with Gasteiger partial charge in [-0.3, -0.25) is 19.5 Å². The molecule has 0 aliphatic heterocycles. The van der Waals surface area contributed by atoms with Gasteiger partial charge in [-0.15, -0.1) is 0 Å². The maximum Gasteiger partial charge on any atom is 0.269 e. The number of carbonyl (C=O) groups excluding carboxylic acids is 1. The van der Waals surface area contributed by atoms with Gasteiger partial charge in [-0.1, -0.05) is 18.2 Å². The number of nitro groups is 1. The van der Waals surface area contributed by atoms with Crippen LogP contribution in [0.25, 0.3) is 10.9 Å². The first kappa shape index (κ1) is 14.9. The van der Waals surface area contributed by atoms with E-state index in [9.17, 15) is 20.0 Å². The molecule has 0 saturated heterocycles. The molecular weight excluding hydrogens is 296 g/mol. The first-order chi connectivity index (χ1) is 11.0. The molecule has 0 aliphatic carbocycles. The Labute approximate surface area is 131 Å². The molecule has 3 rings (SSSR count). The lowest BCUT2D eigenvalue weighted by Crippen LogP contribution is -2.13. The molecule has 1 heterocycles. The lowest BCUT2D eigenvalue weighted by molar-refractivity contribution is -0.384. The van der Waals surface area contributed by atoms with Gasteiger partial charge in [0.25, 0.3) is 11.6 Å². The van der Waals surface area contributed by atoms with E-state index in [4.69, 9.17) is 0 Å². The summed E-state index contributed by atoms with van der Waals surface area (Å²) in [5.41, 5.74) is 2.36. The van der Waals surface area contributed by atoms with Gasteiger partial charge in [-0.25, -0.2) is 0 Å². The van der Waals surface area contributed by atoms with Crippen LogP contribution in [0, 0.1) is 17.0 Å². The Kier molecular flexibility index (Phi) is 3.67. The lowest BCUT2D eigenvalue weighted by atomic mass is 10.1. The minimum atomic E-state index is -0.506. The molecule has 0 unspecified atom stereocenters. The summed E-state index contributed by atoms with van der Waals surface area (Å²) in [7, 11) is 0. The third-order valence-electron chi connectivity index (χ3n) is 3.93. The molecule has 0 atom stereocenters. The average molecular weight is 310 g/mol. The second-order valence-corrected chi connectivity index (χ2v) is 5.18. The van der Waals surface area contributed by atoms with Crippen molar-refractivity contribution < 1.29 is 14.8 Å². The summed E-state index contributed by atoms with van der Waals surface area (Å²) >= 11 is 0. The third-order valence-corrected chi connectivity index (χ3v) is 3.93. The molecule has 6 heteroatoms. The quantitative estimate of drug-likeness (QED) is 0.595. The van der Waals surface area contributed by atoms with Crippen molar-refractivity contribution in [3.8, 4) is 0 Å². The molecule has 1 N–H and O–H groups in total. The normalized spacial score (nSPS) is 10.9. The number of aliphatic hydroxyl groups is 1. The molecule has 0 saturated carbocycles. The molecule has 23 heavy (non-hydrogen) atoms. The number of fused-ring (bicyclic) bond motifs is 1. The van der Waals surface area contributed by atoms with E-state index in [2.05, 4.69) is 0 Å². The molecule has 0 fully saturated rings. The number of aromatic nitrogens is 1. The molecule has 1 aromatic heterocycles. The Morgan fingerprint density at radius 1 is 1.17 bits per heavy atom. The van der Waals surface area contributed by atoms with Crippen LogP contribution < -0.4 is 0 Å². The molecule has 0 radical (unpaired) electrons. The summed E-state index contributed by atoms with van der Waals surface area (Å²) in [6, 6.07) is 12.8. The van der Waals surface area contributed by atoms with Crippen molar-refractivity contribution in [2.75, 3.05) is 0 Å². The van der Waals surface area contributed by atoms with Gasteiger partial charge in [0.15, 0.2) is 0 Å². The van der Waals surface area contributed by atoms with Crippen molar-refractivity contribution in [1.29, 1.82) is 0 Å². The third kappa shape index (κ3) is 2.39. The maximum absolute atomic E-state index is 12.8. The second kappa shape index (κ2) is 5.66. The number of aliphatic hydroxyl groups excluding tert-OH is 1. The van der Waals surface area contributed by atoms with Crippen LogP contribution in [-0.2, 0) is 6.61 Å². The second-order valence-electron chi connectivity index (χ2n) is 5.18. The Hall–Kier alpha value is -2.99. The van der Waals surface area contributed by atoms with E-state index in [0.29, 0.717) is 22.3 Å². The van der Waals surface area contributed by atoms with Gasteiger partial charge in [-0.2, -0.15) is 0 Å². The summed E-state index contributed by atoms with van der Waals surface area (Å²) in [6.45, 7) is 1.61. The standard InChI is InChI=1S/C17H14N2O4/c1-11-15(10-20)14-4-2-3-5-16(14)18(11)17(21)12-6-8-13(9-7-12)19(22)23/h2-9,20H,10H2,1H3. The summed E-state index contributed by atoms with van der Waals surface area (Å²) in [6.07, 6.45) is 0. The predicted molar refractivity (Wildman–Crippen MR) is 85.4 cm³/mol. The number of benzene rings is 2. The van der Waals surface area contributed by atoms with E-state index in [-0.39, 0.29) is 18.2 Å². The van der Waals surface area contributed by atoms with E-state index in [1.165, 1.54) is 28.8 Å². The highest BCUT2D eigenvalue weighted by molar-refractivity contribution is 6.04. The molecule has 0 aliphatic rings. The monoisotopic (exact) mass is 310 g/mol. The minimum absolute atomic E-state index is 0.0633. The van der Waals surface area contributed by atoms with Crippen LogP contribution in [0.1, 0.15) is 21.6 Å². The van der Waals surface area contributed by atoms with Gasteiger partial charge in [-0.05, 0) is 25.1 Å². The van der Waals surface area contributed by atoms with Crippen LogP contribution in [0.3, 0.4) is 0 Å². The van der Waals surface area contributed by atoms with Gasteiger partial charge >= 0.3 is 0 Å². The van der Waals surface area contributed by atoms with Crippen molar-refractivity contribution in [1.82, 2.24) is 4.57 Å². The van der Waals surface area contributed by atoms with E-state index in [1.807, 2.05) is 24.3 Å². The van der Waals surface area contributed by atoms with Crippen molar-refractivity contribution in [2.45, 2.75) is 13.5 Å². The Morgan fingerprint density at radius 3 is 2.43 bits per heavy atom. The van der Waals surface area contributed by atoms with Crippen LogP contribution in [0.2, 0.25) is 0 Å². The summed E-state index contributed by atoms with van der Waals surface area (Å²) in [5.74, 6) is -0.284. The smallest absolute Gasteiger partial charge is 0.269 e. The number of rotatable bonds is 3. The number of hydrogen-bond acceptors (Lipinski definition) is 4. The van der Waals surface area contributed by atoms with Gasteiger partial charge in [0.2, 0.25) is 0 Å². The van der Waals surface area contributed by atoms with Gasteiger partial charge in [0.1, 0.15) is 0 Å². The van der Waals surface area contributed by atoms with E-state index < -0.39 is 4.92 Å². The number of carbonyl (C=O) groups is 1. The highest BCUT2D eigenvalue weighted by Gasteiger charge is 2.19. The fourth-order valence-electron chi connectivity index (χ4n) is 2.75. The molecule has 0 amide bonds. The molecular formula is C17H14N2O4. The zero-order chi connectivity index (χ0) is 16.6. The Morgan fingerprint density at radius 2 is 1.83 bits per heavy atom. The van der Waals surface area contributed by atoms with Gasteiger partial charge < -0.3 is 5.11 Å². The average Bonchev–Trinajstić information content (AvgIpc) is 2.85. The summed E-state index contributed by atoms with van der Waals surface area (Å²) in [4.78, 5) is 23.0. The van der Waals surface area contributed by atoms with E-state index >= 15 is 0 Å². The van der Waals surface area contributed by atoms with Crippen LogP contribution in [0.4, 0.5) is 5.69 Å². The van der Waals surface area contributed by atoms with Crippen LogP contribution in [-0.4, -0.2) is 20.5 Å². The van der Waals surface area contributed by atoms with Gasteiger partial charge in [0, 0.05) is 34.3 Å². The first-order valence-corrected chi connectivity index (χ1v) is 7.03. The molecule has 0 bridgehead atoms. The van der Waals surface area contributed by atoms with Gasteiger partial charge in [0.05, 0.1) is 17.0 Å². The SMILES string of the molecule is Cc1c(CO)c2ccccc2n1C(=O)c1ccc([N+](=O)[O-])cc1. The predicted octanol–water partition coefficient (Wildman–Crippen LogP) is 3.04. The summed E-state index contributed by atoms with van der Waals surface area (Å²) < 4.78 is 1.53. The number of hydrogen-bond donors (Lipinski definition) is 1.